The van der Waals surface area contributed by atoms with Gasteiger partial charge in [0.15, 0.2) is 0 Å². The fourth-order valence-electron chi connectivity index (χ4n) is 1.85. The Morgan fingerprint density at radius 1 is 1.13 bits per heavy atom. The molecule has 0 saturated heterocycles. The number of benzene rings is 1. The lowest BCUT2D eigenvalue weighted by atomic mass is 10.3. The van der Waals surface area contributed by atoms with Gasteiger partial charge in [0.05, 0.1) is 19.6 Å². The van der Waals surface area contributed by atoms with E-state index in [2.05, 4.69) is 0 Å². The van der Waals surface area contributed by atoms with E-state index < -0.39 is 5.97 Å². The first-order valence-corrected chi connectivity index (χ1v) is 7.31. The Morgan fingerprint density at radius 2 is 1.78 bits per heavy atom. The van der Waals surface area contributed by atoms with Crippen LogP contribution in [0.15, 0.2) is 30.3 Å². The van der Waals surface area contributed by atoms with Crippen LogP contribution in [0.1, 0.15) is 12.8 Å². The lowest BCUT2D eigenvalue weighted by Crippen LogP contribution is -2.38. The standard InChI is InChI=1S/C16H24N2O4.ClH/c1-17(11-9-16(20)21)13-15(19)18(2)10-6-12-22-14-7-4-3-5-8-14;/h3-5,7-8H,6,9-13H2,1-2H3,(H,20,21);1H. The molecule has 1 aromatic rings. The number of likely N-dealkylation sites (N-methyl/N-ethyl adjacent to an activating group) is 2. The highest BCUT2D eigenvalue weighted by Crippen LogP contribution is 2.08. The van der Waals surface area contributed by atoms with Crippen LogP contribution in [0.4, 0.5) is 0 Å². The average molecular weight is 345 g/mol. The van der Waals surface area contributed by atoms with Crippen LogP contribution in [-0.4, -0.2) is 67.1 Å². The molecular weight excluding hydrogens is 320 g/mol. The van der Waals surface area contributed by atoms with Crippen molar-refractivity contribution in [1.82, 2.24) is 9.80 Å². The van der Waals surface area contributed by atoms with E-state index in [0.29, 0.717) is 19.7 Å². The van der Waals surface area contributed by atoms with Crippen molar-refractivity contribution >= 4 is 24.3 Å². The van der Waals surface area contributed by atoms with E-state index in [-0.39, 0.29) is 31.3 Å². The maximum Gasteiger partial charge on any atom is 0.304 e. The number of hydrogen-bond acceptors (Lipinski definition) is 4. The monoisotopic (exact) mass is 344 g/mol. The molecule has 0 aliphatic heterocycles. The zero-order valence-corrected chi connectivity index (χ0v) is 14.4. The zero-order chi connectivity index (χ0) is 16.4. The number of ether oxygens (including phenoxy) is 1. The predicted octanol–water partition coefficient (Wildman–Crippen LogP) is 1.74. The van der Waals surface area contributed by atoms with Crippen LogP contribution in [0.2, 0.25) is 0 Å². The summed E-state index contributed by atoms with van der Waals surface area (Å²) in [6, 6.07) is 9.55. The number of carbonyl (C=O) groups is 2. The number of para-hydroxylation sites is 1. The smallest absolute Gasteiger partial charge is 0.304 e. The first-order chi connectivity index (χ1) is 10.5. The van der Waals surface area contributed by atoms with Gasteiger partial charge in [-0.1, -0.05) is 18.2 Å². The molecule has 23 heavy (non-hydrogen) atoms. The molecule has 7 heteroatoms. The predicted molar refractivity (Wildman–Crippen MR) is 91.2 cm³/mol. The minimum atomic E-state index is -0.856. The van der Waals surface area contributed by atoms with Gasteiger partial charge < -0.3 is 14.7 Å². The number of rotatable bonds is 10. The summed E-state index contributed by atoms with van der Waals surface area (Å²) in [6.45, 7) is 1.75. The van der Waals surface area contributed by atoms with Gasteiger partial charge in [0, 0.05) is 20.1 Å². The van der Waals surface area contributed by atoms with Crippen molar-refractivity contribution < 1.29 is 19.4 Å². The highest BCUT2D eigenvalue weighted by Gasteiger charge is 2.12. The summed E-state index contributed by atoms with van der Waals surface area (Å²) in [4.78, 5) is 25.8. The highest BCUT2D eigenvalue weighted by atomic mass is 35.5. The second-order valence-corrected chi connectivity index (χ2v) is 5.21. The van der Waals surface area contributed by atoms with Crippen molar-refractivity contribution in [3.05, 3.63) is 30.3 Å². The third-order valence-corrected chi connectivity index (χ3v) is 3.19. The average Bonchev–Trinajstić information content (AvgIpc) is 2.50. The van der Waals surface area contributed by atoms with Crippen LogP contribution in [0.5, 0.6) is 5.75 Å². The zero-order valence-electron chi connectivity index (χ0n) is 13.6. The van der Waals surface area contributed by atoms with Crippen LogP contribution in [0.3, 0.4) is 0 Å². The minimum absolute atomic E-state index is 0. The summed E-state index contributed by atoms with van der Waals surface area (Å²) in [7, 11) is 3.49. The van der Waals surface area contributed by atoms with Crippen LogP contribution < -0.4 is 4.74 Å². The molecule has 6 nitrogen and oxygen atoms in total. The van der Waals surface area contributed by atoms with Crippen molar-refractivity contribution in [3.63, 3.8) is 0 Å². The molecule has 0 bridgehead atoms. The van der Waals surface area contributed by atoms with Crippen molar-refractivity contribution in [1.29, 1.82) is 0 Å². The number of carboxylic acid groups (broad SMARTS) is 1. The molecule has 1 rings (SSSR count). The number of carbonyl (C=O) groups excluding carboxylic acids is 1. The fraction of sp³-hybridized carbons (Fsp3) is 0.500. The van der Waals surface area contributed by atoms with Gasteiger partial charge in [-0.2, -0.15) is 0 Å². The molecule has 0 atom stereocenters. The first-order valence-electron chi connectivity index (χ1n) is 7.31. The summed E-state index contributed by atoms with van der Waals surface area (Å²) in [6.07, 6.45) is 0.786. The van der Waals surface area contributed by atoms with Gasteiger partial charge in [-0.15, -0.1) is 12.4 Å². The van der Waals surface area contributed by atoms with E-state index in [1.54, 1.807) is 23.9 Å². The van der Waals surface area contributed by atoms with E-state index in [4.69, 9.17) is 9.84 Å². The van der Waals surface area contributed by atoms with Crippen molar-refractivity contribution in [2.75, 3.05) is 40.3 Å². The summed E-state index contributed by atoms with van der Waals surface area (Å²) in [5.41, 5.74) is 0. The molecule has 0 aromatic heterocycles. The maximum absolute atomic E-state index is 12.0. The van der Waals surface area contributed by atoms with Gasteiger partial charge in [-0.25, -0.2) is 0 Å². The Labute approximate surface area is 143 Å². The summed E-state index contributed by atoms with van der Waals surface area (Å²) < 4.78 is 5.57. The SMILES string of the molecule is CN(CCC(=O)O)CC(=O)N(C)CCCOc1ccccc1.Cl. The second kappa shape index (κ2) is 11.7. The quantitative estimate of drug-likeness (QED) is 0.655. The van der Waals surface area contributed by atoms with Crippen LogP contribution in [-0.2, 0) is 9.59 Å². The van der Waals surface area contributed by atoms with Crippen LogP contribution in [0, 0.1) is 0 Å². The number of amides is 1. The molecule has 0 fully saturated rings. The Kier molecular flexibility index (Phi) is 10.8. The first kappa shape index (κ1) is 21.2. The van der Waals surface area contributed by atoms with Crippen molar-refractivity contribution in [2.45, 2.75) is 12.8 Å². The molecule has 0 heterocycles. The Bertz CT molecular complexity index is 470. The molecule has 0 aliphatic rings. The highest BCUT2D eigenvalue weighted by molar-refractivity contribution is 5.85. The van der Waals surface area contributed by atoms with E-state index in [1.165, 1.54) is 0 Å². The van der Waals surface area contributed by atoms with Gasteiger partial charge in [0.2, 0.25) is 5.91 Å². The topological polar surface area (TPSA) is 70.1 Å². The van der Waals surface area contributed by atoms with Gasteiger partial charge in [-0.3, -0.25) is 14.5 Å². The molecule has 0 aliphatic carbocycles. The fourth-order valence-corrected chi connectivity index (χ4v) is 1.85. The van der Waals surface area contributed by atoms with Crippen molar-refractivity contribution in [3.8, 4) is 5.75 Å². The van der Waals surface area contributed by atoms with Gasteiger partial charge >= 0.3 is 5.97 Å². The molecule has 0 spiro atoms. The molecule has 0 unspecified atom stereocenters. The third-order valence-electron chi connectivity index (χ3n) is 3.19. The lowest BCUT2D eigenvalue weighted by Gasteiger charge is -2.21. The number of nitrogens with zero attached hydrogens (tertiary/aromatic N) is 2. The summed E-state index contributed by atoms with van der Waals surface area (Å²) >= 11 is 0. The number of hydrogen-bond donors (Lipinski definition) is 1. The Hall–Kier alpha value is -1.79. The van der Waals surface area contributed by atoms with E-state index >= 15 is 0 Å². The molecule has 0 radical (unpaired) electrons. The van der Waals surface area contributed by atoms with Gasteiger partial charge in [-0.05, 0) is 25.6 Å². The summed E-state index contributed by atoms with van der Waals surface area (Å²) in [5, 5.41) is 8.61. The third kappa shape index (κ3) is 9.76. The Balaban J connectivity index is 0.00000484. The number of halogens is 1. The molecular formula is C16H25ClN2O4. The van der Waals surface area contributed by atoms with E-state index in [1.807, 2.05) is 30.3 Å². The van der Waals surface area contributed by atoms with Crippen LogP contribution in [0.25, 0.3) is 0 Å². The molecule has 130 valence electrons. The molecule has 1 aromatic carbocycles. The number of carboxylic acids is 1. The number of aliphatic carboxylic acids is 1. The van der Waals surface area contributed by atoms with Gasteiger partial charge in [0.1, 0.15) is 5.75 Å². The molecule has 1 N–H and O–H groups in total. The van der Waals surface area contributed by atoms with E-state index in [9.17, 15) is 9.59 Å². The minimum Gasteiger partial charge on any atom is -0.494 e. The summed E-state index contributed by atoms with van der Waals surface area (Å²) in [5.74, 6) is -0.0526. The molecule has 1 amide bonds. The normalized spacial score (nSPS) is 10.0. The molecule has 0 saturated carbocycles. The second-order valence-electron chi connectivity index (χ2n) is 5.21. The van der Waals surface area contributed by atoms with E-state index in [0.717, 1.165) is 12.2 Å². The van der Waals surface area contributed by atoms with Crippen LogP contribution >= 0.6 is 12.4 Å². The van der Waals surface area contributed by atoms with Crippen molar-refractivity contribution in [2.24, 2.45) is 0 Å². The lowest BCUT2D eigenvalue weighted by molar-refractivity contribution is -0.138. The maximum atomic E-state index is 12.0. The van der Waals surface area contributed by atoms with Gasteiger partial charge in [0.25, 0.3) is 0 Å². The Morgan fingerprint density at radius 3 is 2.39 bits per heavy atom. The largest absolute Gasteiger partial charge is 0.494 e.